The third kappa shape index (κ3) is 4.79. The first-order valence-corrected chi connectivity index (χ1v) is 10.5. The van der Waals surface area contributed by atoms with Crippen molar-refractivity contribution in [1.82, 2.24) is 5.32 Å². The van der Waals surface area contributed by atoms with Crippen LogP contribution < -0.4 is 10.1 Å². The van der Waals surface area contributed by atoms with Gasteiger partial charge in [0, 0.05) is 6.54 Å². The second kappa shape index (κ2) is 8.90. The molecule has 2 aromatic carbocycles. The van der Waals surface area contributed by atoms with Crippen molar-refractivity contribution in [2.24, 2.45) is 17.8 Å². The lowest BCUT2D eigenvalue weighted by atomic mass is 9.75. The Balaban J connectivity index is 1.72. The van der Waals surface area contributed by atoms with Gasteiger partial charge in [-0.05, 0) is 78.1 Å². The smallest absolute Gasteiger partial charge is 0.120 e. The monoisotopic (exact) mass is 353 g/mol. The zero-order valence-corrected chi connectivity index (χ0v) is 16.9. The molecule has 0 aromatic heterocycles. The van der Waals surface area contributed by atoms with E-state index in [2.05, 4.69) is 69.4 Å². The van der Waals surface area contributed by atoms with Crippen LogP contribution in [0.5, 0.6) is 5.75 Å². The summed E-state index contributed by atoms with van der Waals surface area (Å²) >= 11 is 0. The zero-order chi connectivity index (χ0) is 18.5. The van der Waals surface area contributed by atoms with Crippen LogP contribution in [0.1, 0.15) is 58.9 Å². The molecule has 1 fully saturated rings. The number of benzene rings is 2. The Labute approximate surface area is 159 Å². The molecule has 3 rings (SSSR count). The quantitative estimate of drug-likeness (QED) is 0.600. The second-order valence-electron chi connectivity index (χ2n) is 8.50. The molecule has 0 aliphatic heterocycles. The van der Waals surface area contributed by atoms with Gasteiger partial charge in [0.15, 0.2) is 0 Å². The fourth-order valence-electron chi connectivity index (χ4n) is 4.29. The third-order valence-electron chi connectivity index (χ3n) is 5.88. The number of fused-ring (bicyclic) bond motifs is 1. The number of nitrogens with one attached hydrogen (secondary N) is 1. The molecule has 0 heterocycles. The maximum Gasteiger partial charge on any atom is 0.120 e. The van der Waals surface area contributed by atoms with E-state index < -0.39 is 0 Å². The molecule has 1 aliphatic rings. The lowest BCUT2D eigenvalue weighted by Gasteiger charge is -2.37. The molecular formula is C24H35NO. The summed E-state index contributed by atoms with van der Waals surface area (Å²) in [7, 11) is 0. The average molecular weight is 354 g/mol. The molecule has 1 aliphatic carbocycles. The van der Waals surface area contributed by atoms with Crippen LogP contribution in [0.2, 0.25) is 0 Å². The molecule has 0 spiro atoms. The van der Waals surface area contributed by atoms with E-state index in [-0.39, 0.29) is 0 Å². The van der Waals surface area contributed by atoms with E-state index in [9.17, 15) is 0 Å². The Kier molecular flexibility index (Phi) is 6.58. The molecule has 1 N–H and O–H groups in total. The summed E-state index contributed by atoms with van der Waals surface area (Å²) in [6.07, 6.45) is 5.35. The van der Waals surface area contributed by atoms with Gasteiger partial charge in [-0.1, -0.05) is 52.3 Å². The molecule has 0 amide bonds. The third-order valence-corrected chi connectivity index (χ3v) is 5.88. The van der Waals surface area contributed by atoms with Crippen LogP contribution in [0.3, 0.4) is 0 Å². The van der Waals surface area contributed by atoms with Crippen LogP contribution in [0.4, 0.5) is 0 Å². The Hall–Kier alpha value is -1.54. The lowest BCUT2D eigenvalue weighted by Crippen LogP contribution is -2.36. The molecule has 2 aromatic rings. The molecule has 1 saturated carbocycles. The van der Waals surface area contributed by atoms with Crippen LogP contribution in [0.15, 0.2) is 36.4 Å². The van der Waals surface area contributed by atoms with Crippen LogP contribution in [-0.2, 0) is 6.54 Å². The minimum absolute atomic E-state index is 0.355. The highest BCUT2D eigenvalue weighted by Crippen LogP contribution is 2.36. The minimum Gasteiger partial charge on any atom is -0.490 e. The van der Waals surface area contributed by atoms with Gasteiger partial charge in [0.1, 0.15) is 11.9 Å². The predicted molar refractivity (Wildman–Crippen MR) is 112 cm³/mol. The van der Waals surface area contributed by atoms with Gasteiger partial charge in [0.05, 0.1) is 0 Å². The number of ether oxygens (including phenoxy) is 1. The van der Waals surface area contributed by atoms with E-state index in [1.54, 1.807) is 0 Å². The first kappa shape index (κ1) is 19.2. The van der Waals surface area contributed by atoms with Gasteiger partial charge in [-0.25, -0.2) is 0 Å². The van der Waals surface area contributed by atoms with Crippen LogP contribution >= 0.6 is 0 Å². The number of rotatable bonds is 7. The standard InChI is InChI=1S/C24H35NO/c1-5-12-25-16-19-7-8-21-15-22(10-9-20(21)14-19)26-24-13-18(4)6-11-23(24)17(2)3/h7-10,14-15,17-18,23-25H,5-6,11-13,16H2,1-4H3/t18-,23+,24-/m1/s1. The van der Waals surface area contributed by atoms with Gasteiger partial charge >= 0.3 is 0 Å². The first-order valence-electron chi connectivity index (χ1n) is 10.5. The molecule has 3 atom stereocenters. The highest BCUT2D eigenvalue weighted by molar-refractivity contribution is 5.84. The highest BCUT2D eigenvalue weighted by Gasteiger charge is 2.32. The van der Waals surface area contributed by atoms with Crippen molar-refractivity contribution < 1.29 is 4.74 Å². The predicted octanol–water partition coefficient (Wildman–Crippen LogP) is 6.18. The largest absolute Gasteiger partial charge is 0.490 e. The summed E-state index contributed by atoms with van der Waals surface area (Å²) in [5, 5.41) is 6.04. The second-order valence-corrected chi connectivity index (χ2v) is 8.50. The lowest BCUT2D eigenvalue weighted by molar-refractivity contribution is 0.0461. The van der Waals surface area contributed by atoms with Gasteiger partial charge in [-0.2, -0.15) is 0 Å². The zero-order valence-electron chi connectivity index (χ0n) is 16.9. The topological polar surface area (TPSA) is 21.3 Å². The van der Waals surface area contributed by atoms with Crippen LogP contribution in [-0.4, -0.2) is 12.6 Å². The summed E-state index contributed by atoms with van der Waals surface area (Å²) in [6.45, 7) is 11.3. The summed E-state index contributed by atoms with van der Waals surface area (Å²) < 4.78 is 6.51. The normalized spacial score (nSPS) is 23.5. The average Bonchev–Trinajstić information content (AvgIpc) is 2.62. The summed E-state index contributed by atoms with van der Waals surface area (Å²) in [5.74, 6) is 3.16. The Morgan fingerprint density at radius 1 is 1.08 bits per heavy atom. The van der Waals surface area contributed by atoms with Crippen molar-refractivity contribution in [3.8, 4) is 5.75 Å². The van der Waals surface area contributed by atoms with Crippen LogP contribution in [0.25, 0.3) is 10.8 Å². The fourth-order valence-corrected chi connectivity index (χ4v) is 4.29. The molecule has 26 heavy (non-hydrogen) atoms. The Bertz CT molecular complexity index is 708. The van der Waals surface area contributed by atoms with E-state index in [1.807, 2.05) is 0 Å². The number of hydrogen-bond donors (Lipinski definition) is 1. The Morgan fingerprint density at radius 3 is 2.62 bits per heavy atom. The van der Waals surface area contributed by atoms with Gasteiger partial charge in [-0.15, -0.1) is 0 Å². The molecule has 0 unspecified atom stereocenters. The molecule has 0 saturated heterocycles. The molecule has 2 heteroatoms. The Morgan fingerprint density at radius 2 is 1.85 bits per heavy atom. The van der Waals surface area contributed by atoms with Gasteiger partial charge in [0.2, 0.25) is 0 Å². The molecule has 2 nitrogen and oxygen atoms in total. The van der Waals surface area contributed by atoms with E-state index >= 15 is 0 Å². The first-order chi connectivity index (χ1) is 12.6. The summed E-state index contributed by atoms with van der Waals surface area (Å²) in [4.78, 5) is 0. The van der Waals surface area contributed by atoms with Crippen molar-refractivity contribution in [2.75, 3.05) is 6.54 Å². The van der Waals surface area contributed by atoms with Crippen molar-refractivity contribution in [3.63, 3.8) is 0 Å². The minimum atomic E-state index is 0.355. The molecule has 0 radical (unpaired) electrons. The SMILES string of the molecule is CCCNCc1ccc2cc(O[C@@H]3C[C@H](C)CC[C@H]3C(C)C)ccc2c1. The molecular weight excluding hydrogens is 318 g/mol. The van der Waals surface area contributed by atoms with Crippen molar-refractivity contribution >= 4 is 10.8 Å². The van der Waals surface area contributed by atoms with Gasteiger partial charge < -0.3 is 10.1 Å². The van der Waals surface area contributed by atoms with E-state index in [0.717, 1.165) is 24.8 Å². The van der Waals surface area contributed by atoms with E-state index in [0.29, 0.717) is 17.9 Å². The van der Waals surface area contributed by atoms with E-state index in [1.165, 1.54) is 42.0 Å². The number of hydrogen-bond acceptors (Lipinski definition) is 2. The van der Waals surface area contributed by atoms with E-state index in [4.69, 9.17) is 4.74 Å². The summed E-state index contributed by atoms with van der Waals surface area (Å²) in [6, 6.07) is 13.3. The van der Waals surface area contributed by atoms with Crippen molar-refractivity contribution in [2.45, 2.75) is 66.0 Å². The van der Waals surface area contributed by atoms with Crippen molar-refractivity contribution in [1.29, 1.82) is 0 Å². The van der Waals surface area contributed by atoms with Gasteiger partial charge in [-0.3, -0.25) is 0 Å². The molecule has 0 bridgehead atoms. The maximum atomic E-state index is 6.51. The fraction of sp³-hybridized carbons (Fsp3) is 0.583. The van der Waals surface area contributed by atoms with Crippen molar-refractivity contribution in [3.05, 3.63) is 42.0 Å². The van der Waals surface area contributed by atoms with Crippen LogP contribution in [0, 0.1) is 17.8 Å². The maximum absolute atomic E-state index is 6.51. The highest BCUT2D eigenvalue weighted by atomic mass is 16.5. The van der Waals surface area contributed by atoms with Gasteiger partial charge in [0.25, 0.3) is 0 Å². The molecule has 142 valence electrons. The summed E-state index contributed by atoms with van der Waals surface area (Å²) in [5.41, 5.74) is 1.35.